The number of amides is 2. The molecule has 0 unspecified atom stereocenters. The Balaban J connectivity index is 1.95. The van der Waals surface area contributed by atoms with Gasteiger partial charge >= 0.3 is 0 Å². The summed E-state index contributed by atoms with van der Waals surface area (Å²) in [5, 5.41) is 2.89. The minimum atomic E-state index is -0.402. The van der Waals surface area contributed by atoms with Crippen LogP contribution in [0.1, 0.15) is 5.56 Å². The first-order chi connectivity index (χ1) is 13.4. The highest BCUT2D eigenvalue weighted by Crippen LogP contribution is 2.28. The van der Waals surface area contributed by atoms with E-state index in [1.54, 1.807) is 20.3 Å². The van der Waals surface area contributed by atoms with E-state index in [4.69, 9.17) is 15.2 Å². The third kappa shape index (κ3) is 6.47. The molecule has 2 aromatic rings. The Bertz CT molecular complexity index is 829. The molecule has 0 aliphatic rings. The van der Waals surface area contributed by atoms with Crippen LogP contribution in [0.15, 0.2) is 47.4 Å². The number of rotatable bonds is 10. The third-order valence-corrected chi connectivity index (χ3v) is 4.94. The molecule has 0 spiro atoms. The summed E-state index contributed by atoms with van der Waals surface area (Å²) in [5.41, 5.74) is 6.87. The van der Waals surface area contributed by atoms with Crippen LogP contribution in [0.4, 0.5) is 5.69 Å². The zero-order chi connectivity index (χ0) is 20.5. The predicted octanol–water partition coefficient (Wildman–Crippen LogP) is 2.35. The Kier molecular flexibility index (Phi) is 8.16. The Morgan fingerprint density at radius 2 is 1.82 bits per heavy atom. The third-order valence-electron chi connectivity index (χ3n) is 3.85. The SMILES string of the molecule is COc1ccc(CN(C)CC(=O)Nc2ccccc2SCC(N)=O)cc1OC. The fraction of sp³-hybridized carbons (Fsp3) is 0.300. The van der Waals surface area contributed by atoms with Crippen molar-refractivity contribution in [3.63, 3.8) is 0 Å². The largest absolute Gasteiger partial charge is 0.493 e. The number of para-hydroxylation sites is 1. The van der Waals surface area contributed by atoms with Crippen molar-refractivity contribution in [3.05, 3.63) is 48.0 Å². The van der Waals surface area contributed by atoms with Crippen molar-refractivity contribution in [2.75, 3.05) is 38.9 Å². The van der Waals surface area contributed by atoms with Gasteiger partial charge in [-0.3, -0.25) is 14.5 Å². The van der Waals surface area contributed by atoms with Gasteiger partial charge in [0.1, 0.15) is 0 Å². The van der Waals surface area contributed by atoms with E-state index in [1.807, 2.05) is 48.3 Å². The molecule has 0 saturated heterocycles. The number of nitrogens with two attached hydrogens (primary N) is 1. The Hall–Kier alpha value is -2.71. The molecule has 0 aliphatic heterocycles. The van der Waals surface area contributed by atoms with Gasteiger partial charge in [-0.25, -0.2) is 0 Å². The zero-order valence-electron chi connectivity index (χ0n) is 16.2. The van der Waals surface area contributed by atoms with Crippen molar-refractivity contribution in [2.24, 2.45) is 5.73 Å². The fourth-order valence-electron chi connectivity index (χ4n) is 2.63. The standard InChI is InChI=1S/C20H25N3O4S/c1-23(11-14-8-9-16(26-2)17(10-14)27-3)12-20(25)22-15-6-4-5-7-18(15)28-13-19(21)24/h4-10H,11-13H2,1-3H3,(H2,21,24)(H,22,25). The first kappa shape index (κ1) is 21.6. The molecule has 0 aliphatic carbocycles. The van der Waals surface area contributed by atoms with Crippen molar-refractivity contribution >= 4 is 29.3 Å². The van der Waals surface area contributed by atoms with Crippen molar-refractivity contribution in [2.45, 2.75) is 11.4 Å². The lowest BCUT2D eigenvalue weighted by atomic mass is 10.2. The average Bonchev–Trinajstić information content (AvgIpc) is 2.66. The maximum atomic E-state index is 12.4. The molecule has 0 atom stereocenters. The smallest absolute Gasteiger partial charge is 0.238 e. The maximum Gasteiger partial charge on any atom is 0.238 e. The van der Waals surface area contributed by atoms with Crippen LogP contribution in [0, 0.1) is 0 Å². The molecular weight excluding hydrogens is 378 g/mol. The minimum absolute atomic E-state index is 0.143. The zero-order valence-corrected chi connectivity index (χ0v) is 17.0. The fourth-order valence-corrected chi connectivity index (χ4v) is 3.37. The van der Waals surface area contributed by atoms with Gasteiger partial charge in [-0.1, -0.05) is 18.2 Å². The molecule has 0 fully saturated rings. The molecule has 0 radical (unpaired) electrons. The highest BCUT2D eigenvalue weighted by Gasteiger charge is 2.12. The second-order valence-electron chi connectivity index (χ2n) is 6.16. The van der Waals surface area contributed by atoms with Gasteiger partial charge in [-0.05, 0) is 36.9 Å². The van der Waals surface area contributed by atoms with Crippen LogP contribution < -0.4 is 20.5 Å². The second-order valence-corrected chi connectivity index (χ2v) is 7.18. The molecule has 0 bridgehead atoms. The number of hydrogen-bond donors (Lipinski definition) is 2. The van der Waals surface area contributed by atoms with Gasteiger partial charge in [0.15, 0.2) is 11.5 Å². The van der Waals surface area contributed by atoms with Gasteiger partial charge in [0, 0.05) is 11.4 Å². The summed E-state index contributed by atoms with van der Waals surface area (Å²) in [6.07, 6.45) is 0. The number of nitrogens with zero attached hydrogens (tertiary/aromatic N) is 1. The lowest BCUT2D eigenvalue weighted by Crippen LogP contribution is -2.30. The van der Waals surface area contributed by atoms with Crippen LogP contribution in [0.2, 0.25) is 0 Å². The molecule has 2 rings (SSSR count). The molecule has 8 heteroatoms. The summed E-state index contributed by atoms with van der Waals surface area (Å²) >= 11 is 1.30. The summed E-state index contributed by atoms with van der Waals surface area (Å²) in [6, 6.07) is 13.0. The van der Waals surface area contributed by atoms with Crippen LogP contribution in [0.5, 0.6) is 11.5 Å². The van der Waals surface area contributed by atoms with Gasteiger partial charge in [0.2, 0.25) is 11.8 Å². The molecule has 3 N–H and O–H groups in total. The molecule has 7 nitrogen and oxygen atoms in total. The van der Waals surface area contributed by atoms with Crippen molar-refractivity contribution in [1.82, 2.24) is 4.90 Å². The van der Waals surface area contributed by atoms with E-state index >= 15 is 0 Å². The highest BCUT2D eigenvalue weighted by molar-refractivity contribution is 8.00. The molecule has 0 saturated carbocycles. The number of methoxy groups -OCH3 is 2. The number of benzene rings is 2. The summed E-state index contributed by atoms with van der Waals surface area (Å²) in [6.45, 7) is 0.787. The normalized spacial score (nSPS) is 10.6. The molecule has 28 heavy (non-hydrogen) atoms. The number of thioether (sulfide) groups is 1. The second kappa shape index (κ2) is 10.6. The van der Waals surface area contributed by atoms with Crippen molar-refractivity contribution in [1.29, 1.82) is 0 Å². The van der Waals surface area contributed by atoms with Gasteiger partial charge < -0.3 is 20.5 Å². The first-order valence-corrected chi connectivity index (χ1v) is 9.61. The predicted molar refractivity (Wildman–Crippen MR) is 111 cm³/mol. The molecule has 0 heterocycles. The van der Waals surface area contributed by atoms with Crippen molar-refractivity contribution in [3.8, 4) is 11.5 Å². The van der Waals surface area contributed by atoms with Gasteiger partial charge in [0.25, 0.3) is 0 Å². The number of primary amides is 1. The summed E-state index contributed by atoms with van der Waals surface area (Å²) in [7, 11) is 5.05. The lowest BCUT2D eigenvalue weighted by Gasteiger charge is -2.18. The van der Waals surface area contributed by atoms with E-state index in [1.165, 1.54) is 11.8 Å². The minimum Gasteiger partial charge on any atom is -0.493 e. The highest BCUT2D eigenvalue weighted by atomic mass is 32.2. The number of carbonyl (C=O) groups excluding carboxylic acids is 2. The monoisotopic (exact) mass is 403 g/mol. The number of nitrogens with one attached hydrogen (secondary N) is 1. The summed E-state index contributed by atoms with van der Waals surface area (Å²) in [4.78, 5) is 26.1. The quantitative estimate of drug-likeness (QED) is 0.592. The Morgan fingerprint density at radius 3 is 2.50 bits per heavy atom. The van der Waals surface area contributed by atoms with Crippen LogP contribution in [-0.2, 0) is 16.1 Å². The van der Waals surface area contributed by atoms with Gasteiger partial charge in [-0.15, -0.1) is 11.8 Å². The van der Waals surface area contributed by atoms with Crippen LogP contribution in [0.3, 0.4) is 0 Å². The van der Waals surface area contributed by atoms with E-state index < -0.39 is 5.91 Å². The van der Waals surface area contributed by atoms with E-state index in [0.29, 0.717) is 23.7 Å². The number of anilines is 1. The molecule has 150 valence electrons. The van der Waals surface area contributed by atoms with E-state index in [-0.39, 0.29) is 18.2 Å². The Morgan fingerprint density at radius 1 is 1.11 bits per heavy atom. The molecular formula is C20H25N3O4S. The number of carbonyl (C=O) groups is 2. The van der Waals surface area contributed by atoms with Gasteiger partial charge in [-0.2, -0.15) is 0 Å². The molecule has 2 aromatic carbocycles. The van der Waals surface area contributed by atoms with E-state index in [9.17, 15) is 9.59 Å². The molecule has 2 amide bonds. The summed E-state index contributed by atoms with van der Waals surface area (Å²) in [5.74, 6) is 0.928. The van der Waals surface area contributed by atoms with E-state index in [0.717, 1.165) is 10.5 Å². The number of likely N-dealkylation sites (N-methyl/N-ethyl adjacent to an activating group) is 1. The van der Waals surface area contributed by atoms with Crippen LogP contribution in [0.25, 0.3) is 0 Å². The topological polar surface area (TPSA) is 93.9 Å². The van der Waals surface area contributed by atoms with Crippen molar-refractivity contribution < 1.29 is 19.1 Å². The maximum absolute atomic E-state index is 12.4. The Labute approximate surface area is 169 Å². The number of ether oxygens (including phenoxy) is 2. The average molecular weight is 404 g/mol. The van der Waals surface area contributed by atoms with Crippen LogP contribution >= 0.6 is 11.8 Å². The van der Waals surface area contributed by atoms with Crippen LogP contribution in [-0.4, -0.2) is 50.3 Å². The van der Waals surface area contributed by atoms with Gasteiger partial charge in [0.05, 0.1) is 32.2 Å². The number of hydrogen-bond acceptors (Lipinski definition) is 6. The summed E-state index contributed by atoms with van der Waals surface area (Å²) < 4.78 is 10.6. The van der Waals surface area contributed by atoms with E-state index in [2.05, 4.69) is 5.32 Å². The lowest BCUT2D eigenvalue weighted by molar-refractivity contribution is -0.117. The molecule has 0 aromatic heterocycles. The first-order valence-electron chi connectivity index (χ1n) is 8.62.